The number of nitrogens with zero attached hydrogens (tertiary/aromatic N) is 2. The summed E-state index contributed by atoms with van der Waals surface area (Å²) in [6.45, 7) is 0. The standard InChI is InChI=1S/C10H5ClF6N2O/c11-4-5-3-7(20-10(15,16)17)19-6(1-2-18)8(5)9(12,13)14/h3H,1,4H2. The summed E-state index contributed by atoms with van der Waals surface area (Å²) >= 11 is 5.31. The van der Waals surface area contributed by atoms with Gasteiger partial charge in [-0.25, -0.2) is 4.98 Å². The van der Waals surface area contributed by atoms with Gasteiger partial charge in [0, 0.05) is 11.9 Å². The quantitative estimate of drug-likeness (QED) is 0.629. The maximum absolute atomic E-state index is 12.8. The van der Waals surface area contributed by atoms with E-state index in [0.29, 0.717) is 6.07 Å². The fraction of sp³-hybridized carbons (Fsp3) is 0.400. The van der Waals surface area contributed by atoms with Gasteiger partial charge in [0.25, 0.3) is 0 Å². The lowest BCUT2D eigenvalue weighted by atomic mass is 10.1. The van der Waals surface area contributed by atoms with E-state index >= 15 is 0 Å². The minimum absolute atomic E-state index is 0.449. The average molecular weight is 319 g/mol. The van der Waals surface area contributed by atoms with E-state index in [-0.39, 0.29) is 0 Å². The highest BCUT2D eigenvalue weighted by Crippen LogP contribution is 2.37. The van der Waals surface area contributed by atoms with Crippen LogP contribution in [-0.2, 0) is 18.5 Å². The van der Waals surface area contributed by atoms with E-state index in [2.05, 4.69) is 9.72 Å². The lowest BCUT2D eigenvalue weighted by Crippen LogP contribution is -2.20. The summed E-state index contributed by atoms with van der Waals surface area (Å²) in [5, 5.41) is 8.44. The second kappa shape index (κ2) is 5.75. The highest BCUT2D eigenvalue weighted by molar-refractivity contribution is 6.17. The van der Waals surface area contributed by atoms with Gasteiger partial charge in [0.2, 0.25) is 5.88 Å². The van der Waals surface area contributed by atoms with Crippen LogP contribution >= 0.6 is 11.6 Å². The van der Waals surface area contributed by atoms with Crippen LogP contribution in [0.25, 0.3) is 0 Å². The molecule has 0 radical (unpaired) electrons. The second-order valence-electron chi connectivity index (χ2n) is 3.46. The predicted molar refractivity (Wildman–Crippen MR) is 54.8 cm³/mol. The lowest BCUT2D eigenvalue weighted by molar-refractivity contribution is -0.276. The van der Waals surface area contributed by atoms with Crippen LogP contribution in [0.4, 0.5) is 26.3 Å². The monoisotopic (exact) mass is 318 g/mol. The van der Waals surface area contributed by atoms with E-state index < -0.39 is 47.5 Å². The molecule has 0 spiro atoms. The molecule has 1 rings (SSSR count). The molecule has 3 nitrogen and oxygen atoms in total. The molecule has 1 aromatic heterocycles. The van der Waals surface area contributed by atoms with Crippen molar-refractivity contribution in [1.82, 2.24) is 4.98 Å². The van der Waals surface area contributed by atoms with Crippen LogP contribution in [0.2, 0.25) is 0 Å². The molecular weight excluding hydrogens is 314 g/mol. The molecule has 0 N–H and O–H groups in total. The average Bonchev–Trinajstić information content (AvgIpc) is 2.24. The molecule has 0 atom stereocenters. The highest BCUT2D eigenvalue weighted by atomic mass is 35.5. The fourth-order valence-corrected chi connectivity index (χ4v) is 1.66. The Morgan fingerprint density at radius 3 is 2.25 bits per heavy atom. The molecule has 0 aromatic carbocycles. The number of hydrogen-bond donors (Lipinski definition) is 0. The summed E-state index contributed by atoms with van der Waals surface area (Å²) in [4.78, 5) is 3.08. The number of hydrogen-bond acceptors (Lipinski definition) is 3. The zero-order valence-corrected chi connectivity index (χ0v) is 10.2. The zero-order chi connectivity index (χ0) is 15.6. The minimum atomic E-state index is -5.11. The Morgan fingerprint density at radius 2 is 1.85 bits per heavy atom. The first-order valence-electron chi connectivity index (χ1n) is 4.87. The Kier molecular flexibility index (Phi) is 4.70. The van der Waals surface area contributed by atoms with Crippen molar-refractivity contribution >= 4 is 11.6 Å². The van der Waals surface area contributed by atoms with Crippen molar-refractivity contribution in [2.45, 2.75) is 24.8 Å². The molecule has 0 aliphatic carbocycles. The number of rotatable bonds is 3. The smallest absolute Gasteiger partial charge is 0.388 e. The Hall–Kier alpha value is -1.69. The third-order valence-corrected chi connectivity index (χ3v) is 2.33. The van der Waals surface area contributed by atoms with Crippen molar-refractivity contribution in [3.63, 3.8) is 0 Å². The van der Waals surface area contributed by atoms with Crippen LogP contribution in [0.15, 0.2) is 6.07 Å². The first-order chi connectivity index (χ1) is 9.08. The molecule has 0 aliphatic rings. The molecule has 0 saturated heterocycles. The van der Waals surface area contributed by atoms with Gasteiger partial charge in [0.1, 0.15) is 0 Å². The van der Waals surface area contributed by atoms with Gasteiger partial charge in [-0.2, -0.15) is 18.4 Å². The van der Waals surface area contributed by atoms with Crippen molar-refractivity contribution in [1.29, 1.82) is 5.26 Å². The Balaban J connectivity index is 3.43. The molecule has 1 heterocycles. The van der Waals surface area contributed by atoms with Crippen molar-refractivity contribution in [2.75, 3.05) is 0 Å². The van der Waals surface area contributed by atoms with Gasteiger partial charge in [0.05, 0.1) is 23.7 Å². The van der Waals surface area contributed by atoms with Crippen LogP contribution in [0.3, 0.4) is 0 Å². The van der Waals surface area contributed by atoms with E-state index in [1.807, 2.05) is 0 Å². The minimum Gasteiger partial charge on any atom is -0.388 e. The first kappa shape index (κ1) is 16.4. The normalized spacial score (nSPS) is 12.1. The van der Waals surface area contributed by atoms with Crippen molar-refractivity contribution in [2.24, 2.45) is 0 Å². The van der Waals surface area contributed by atoms with E-state index in [9.17, 15) is 26.3 Å². The Bertz CT molecular complexity index is 534. The number of ether oxygens (including phenoxy) is 1. The van der Waals surface area contributed by atoms with E-state index in [1.54, 1.807) is 0 Å². The maximum Gasteiger partial charge on any atom is 0.574 e. The molecule has 0 aliphatic heterocycles. The van der Waals surface area contributed by atoms with Crippen LogP contribution in [0, 0.1) is 11.3 Å². The zero-order valence-electron chi connectivity index (χ0n) is 9.44. The van der Waals surface area contributed by atoms with Gasteiger partial charge in [-0.1, -0.05) is 0 Å². The number of halogens is 7. The third-order valence-electron chi connectivity index (χ3n) is 2.05. The Morgan fingerprint density at radius 1 is 1.25 bits per heavy atom. The molecule has 0 saturated carbocycles. The molecule has 10 heteroatoms. The van der Waals surface area contributed by atoms with Gasteiger partial charge in [-0.3, -0.25) is 0 Å². The predicted octanol–water partition coefficient (Wildman–Crippen LogP) is 3.80. The highest BCUT2D eigenvalue weighted by Gasteiger charge is 2.38. The van der Waals surface area contributed by atoms with Gasteiger partial charge in [-0.05, 0) is 5.56 Å². The van der Waals surface area contributed by atoms with E-state index in [4.69, 9.17) is 16.9 Å². The van der Waals surface area contributed by atoms with Crippen LogP contribution in [0.5, 0.6) is 5.88 Å². The van der Waals surface area contributed by atoms with E-state index in [1.165, 1.54) is 6.07 Å². The number of aromatic nitrogens is 1. The number of pyridine rings is 1. The van der Waals surface area contributed by atoms with Crippen molar-refractivity contribution in [3.8, 4) is 11.9 Å². The maximum atomic E-state index is 12.8. The van der Waals surface area contributed by atoms with Gasteiger partial charge < -0.3 is 4.74 Å². The van der Waals surface area contributed by atoms with Gasteiger partial charge in [-0.15, -0.1) is 24.8 Å². The largest absolute Gasteiger partial charge is 0.574 e. The third kappa shape index (κ3) is 4.16. The molecule has 110 valence electrons. The molecule has 20 heavy (non-hydrogen) atoms. The molecule has 0 unspecified atom stereocenters. The lowest BCUT2D eigenvalue weighted by Gasteiger charge is -2.16. The first-order valence-corrected chi connectivity index (χ1v) is 5.40. The van der Waals surface area contributed by atoms with Crippen molar-refractivity contribution in [3.05, 3.63) is 22.9 Å². The Labute approximate surface area is 113 Å². The van der Waals surface area contributed by atoms with Crippen molar-refractivity contribution < 1.29 is 31.1 Å². The van der Waals surface area contributed by atoms with Crippen LogP contribution in [-0.4, -0.2) is 11.3 Å². The van der Waals surface area contributed by atoms with Gasteiger partial charge >= 0.3 is 12.5 Å². The van der Waals surface area contributed by atoms with Crippen LogP contribution < -0.4 is 4.74 Å². The number of nitriles is 1. The van der Waals surface area contributed by atoms with E-state index in [0.717, 1.165) is 0 Å². The second-order valence-corrected chi connectivity index (χ2v) is 3.72. The molecular formula is C10H5ClF6N2O. The summed E-state index contributed by atoms with van der Waals surface area (Å²) in [5.41, 5.74) is -2.82. The molecule has 0 bridgehead atoms. The van der Waals surface area contributed by atoms with Crippen LogP contribution in [0.1, 0.15) is 16.8 Å². The SMILES string of the molecule is N#CCc1nc(OC(F)(F)F)cc(CCl)c1C(F)(F)F. The number of alkyl halides is 7. The summed E-state index contributed by atoms with van der Waals surface area (Å²) in [6.07, 6.45) is -10.8. The summed E-state index contributed by atoms with van der Waals surface area (Å²) in [5.74, 6) is -1.80. The summed E-state index contributed by atoms with van der Waals surface area (Å²) in [6, 6.07) is 1.84. The summed E-state index contributed by atoms with van der Waals surface area (Å²) < 4.78 is 78.0. The topological polar surface area (TPSA) is 45.9 Å². The van der Waals surface area contributed by atoms with Gasteiger partial charge in [0.15, 0.2) is 0 Å². The molecule has 0 amide bonds. The fourth-order valence-electron chi connectivity index (χ4n) is 1.45. The molecule has 1 aromatic rings. The summed E-state index contributed by atoms with van der Waals surface area (Å²) in [7, 11) is 0. The molecule has 0 fully saturated rings.